The summed E-state index contributed by atoms with van der Waals surface area (Å²) >= 11 is 0. The fourth-order valence-electron chi connectivity index (χ4n) is 3.41. The topological polar surface area (TPSA) is 49.4 Å². The molecule has 114 valence electrons. The van der Waals surface area contributed by atoms with Crippen LogP contribution in [0.2, 0.25) is 0 Å². The number of nitrogens with zero attached hydrogens (tertiary/aromatic N) is 1. The van der Waals surface area contributed by atoms with Crippen LogP contribution in [0.25, 0.3) is 0 Å². The third-order valence-electron chi connectivity index (χ3n) is 4.78. The predicted molar refractivity (Wildman–Crippen MR) is 79.1 cm³/mol. The minimum atomic E-state index is -0.342. The summed E-state index contributed by atoms with van der Waals surface area (Å²) < 4.78 is 0. The number of amides is 2. The highest BCUT2D eigenvalue weighted by molar-refractivity contribution is 5.90. The van der Waals surface area contributed by atoms with Gasteiger partial charge >= 0.3 is 0 Å². The average Bonchev–Trinajstić information content (AvgIpc) is 2.68. The van der Waals surface area contributed by atoms with Gasteiger partial charge in [-0.1, -0.05) is 33.6 Å². The van der Waals surface area contributed by atoms with Crippen molar-refractivity contribution in [2.45, 2.75) is 71.4 Å². The molecule has 0 radical (unpaired) electrons. The third-order valence-corrected chi connectivity index (χ3v) is 4.78. The highest BCUT2D eigenvalue weighted by atomic mass is 16.2. The molecule has 1 saturated carbocycles. The molecule has 4 heteroatoms. The van der Waals surface area contributed by atoms with Crippen LogP contribution in [0.5, 0.6) is 0 Å². The molecule has 1 aliphatic heterocycles. The van der Waals surface area contributed by atoms with E-state index in [9.17, 15) is 9.59 Å². The van der Waals surface area contributed by atoms with Crippen LogP contribution in [0.15, 0.2) is 0 Å². The maximum atomic E-state index is 12.7. The number of rotatable bonds is 2. The average molecular weight is 280 g/mol. The Labute approximate surface area is 122 Å². The summed E-state index contributed by atoms with van der Waals surface area (Å²) in [6, 6.07) is -0.00734. The van der Waals surface area contributed by atoms with E-state index in [-0.39, 0.29) is 23.8 Å². The lowest BCUT2D eigenvalue weighted by molar-refractivity contribution is -0.137. The van der Waals surface area contributed by atoms with Crippen molar-refractivity contribution in [1.29, 1.82) is 0 Å². The quantitative estimate of drug-likeness (QED) is 0.789. The monoisotopic (exact) mass is 280 g/mol. The molecule has 1 N–H and O–H groups in total. The Morgan fingerprint density at radius 3 is 2.60 bits per heavy atom. The lowest BCUT2D eigenvalue weighted by atomic mass is 10.00. The van der Waals surface area contributed by atoms with E-state index < -0.39 is 0 Å². The zero-order valence-corrected chi connectivity index (χ0v) is 13.0. The van der Waals surface area contributed by atoms with Crippen LogP contribution in [0.3, 0.4) is 0 Å². The van der Waals surface area contributed by atoms with Gasteiger partial charge in [-0.05, 0) is 31.1 Å². The second-order valence-electron chi connectivity index (χ2n) is 6.84. The van der Waals surface area contributed by atoms with E-state index in [2.05, 4.69) is 12.2 Å². The molecule has 4 nitrogen and oxygen atoms in total. The highest BCUT2D eigenvalue weighted by Gasteiger charge is 2.35. The van der Waals surface area contributed by atoms with Gasteiger partial charge in [0, 0.05) is 19.0 Å². The fourth-order valence-corrected chi connectivity index (χ4v) is 3.41. The van der Waals surface area contributed by atoms with Crippen molar-refractivity contribution in [3.63, 3.8) is 0 Å². The molecule has 0 aromatic carbocycles. The van der Waals surface area contributed by atoms with Crippen molar-refractivity contribution >= 4 is 11.8 Å². The standard InChI is InChI=1S/C16H28N2O2/c1-11(2)15-16(20)18(10-9-14(19)17-15)13-6-4-5-12(3)7-8-13/h11-13,15H,4-10H2,1-3H3,(H,17,19). The Hall–Kier alpha value is -1.06. The lowest BCUT2D eigenvalue weighted by Gasteiger charge is -2.33. The first-order valence-electron chi connectivity index (χ1n) is 8.09. The molecule has 3 unspecified atom stereocenters. The molecule has 2 fully saturated rings. The predicted octanol–water partition coefficient (Wildman–Crippen LogP) is 2.33. The first-order valence-corrected chi connectivity index (χ1v) is 8.09. The maximum Gasteiger partial charge on any atom is 0.245 e. The first kappa shape index (κ1) is 15.3. The largest absolute Gasteiger partial charge is 0.344 e. The zero-order chi connectivity index (χ0) is 14.7. The summed E-state index contributed by atoms with van der Waals surface area (Å²) in [6.07, 6.45) is 6.29. The van der Waals surface area contributed by atoms with Crippen molar-refractivity contribution in [2.24, 2.45) is 11.8 Å². The summed E-state index contributed by atoms with van der Waals surface area (Å²) in [5, 5.41) is 2.89. The number of carbonyl (C=O) groups excluding carboxylic acids is 2. The third kappa shape index (κ3) is 3.53. The van der Waals surface area contributed by atoms with Crippen molar-refractivity contribution in [3.05, 3.63) is 0 Å². The maximum absolute atomic E-state index is 12.7. The van der Waals surface area contributed by atoms with Crippen LogP contribution < -0.4 is 5.32 Å². The second kappa shape index (κ2) is 6.59. The molecule has 20 heavy (non-hydrogen) atoms. The lowest BCUT2D eigenvalue weighted by Crippen LogP contribution is -2.50. The van der Waals surface area contributed by atoms with Crippen LogP contribution in [0.1, 0.15) is 59.3 Å². The van der Waals surface area contributed by atoms with Gasteiger partial charge in [0.15, 0.2) is 0 Å². The van der Waals surface area contributed by atoms with Crippen molar-refractivity contribution in [2.75, 3.05) is 6.54 Å². The van der Waals surface area contributed by atoms with Gasteiger partial charge in [-0.2, -0.15) is 0 Å². The molecule has 3 atom stereocenters. The van der Waals surface area contributed by atoms with E-state index in [4.69, 9.17) is 0 Å². The Balaban J connectivity index is 2.12. The van der Waals surface area contributed by atoms with Crippen LogP contribution in [-0.4, -0.2) is 35.3 Å². The zero-order valence-electron chi connectivity index (χ0n) is 13.0. The molecular weight excluding hydrogens is 252 g/mol. The Bertz CT molecular complexity index is 367. The van der Waals surface area contributed by atoms with Gasteiger partial charge < -0.3 is 10.2 Å². The summed E-state index contributed by atoms with van der Waals surface area (Å²) in [5.41, 5.74) is 0. The summed E-state index contributed by atoms with van der Waals surface area (Å²) in [4.78, 5) is 26.5. The molecule has 2 amide bonds. The molecule has 2 rings (SSSR count). The van der Waals surface area contributed by atoms with E-state index >= 15 is 0 Å². The Kier molecular flexibility index (Phi) is 5.06. The molecule has 1 saturated heterocycles. The van der Waals surface area contributed by atoms with Gasteiger partial charge in [-0.15, -0.1) is 0 Å². The Morgan fingerprint density at radius 2 is 1.90 bits per heavy atom. The molecule has 0 spiro atoms. The van der Waals surface area contributed by atoms with Crippen LogP contribution in [-0.2, 0) is 9.59 Å². The van der Waals surface area contributed by atoms with Crippen LogP contribution in [0.4, 0.5) is 0 Å². The van der Waals surface area contributed by atoms with Gasteiger partial charge in [0.25, 0.3) is 0 Å². The van der Waals surface area contributed by atoms with E-state index in [0.29, 0.717) is 19.0 Å². The van der Waals surface area contributed by atoms with Gasteiger partial charge in [-0.25, -0.2) is 0 Å². The molecule has 1 heterocycles. The number of hydrogen-bond acceptors (Lipinski definition) is 2. The highest BCUT2D eigenvalue weighted by Crippen LogP contribution is 2.27. The number of nitrogens with one attached hydrogen (secondary N) is 1. The summed E-state index contributed by atoms with van der Waals surface area (Å²) in [7, 11) is 0. The molecule has 1 aliphatic carbocycles. The molecule has 2 aliphatic rings. The van der Waals surface area contributed by atoms with E-state index in [0.717, 1.165) is 18.8 Å². The van der Waals surface area contributed by atoms with Crippen molar-refractivity contribution in [3.8, 4) is 0 Å². The minimum absolute atomic E-state index is 0.0153. The smallest absolute Gasteiger partial charge is 0.245 e. The van der Waals surface area contributed by atoms with Gasteiger partial charge in [0.2, 0.25) is 11.8 Å². The molecular formula is C16H28N2O2. The van der Waals surface area contributed by atoms with E-state index in [1.165, 1.54) is 19.3 Å². The minimum Gasteiger partial charge on any atom is -0.344 e. The van der Waals surface area contributed by atoms with Crippen molar-refractivity contribution in [1.82, 2.24) is 10.2 Å². The van der Waals surface area contributed by atoms with Gasteiger partial charge in [0.1, 0.15) is 6.04 Å². The Morgan fingerprint density at radius 1 is 1.15 bits per heavy atom. The van der Waals surface area contributed by atoms with Gasteiger partial charge in [-0.3, -0.25) is 9.59 Å². The van der Waals surface area contributed by atoms with Crippen LogP contribution in [0, 0.1) is 11.8 Å². The van der Waals surface area contributed by atoms with E-state index in [1.54, 1.807) is 0 Å². The SMILES string of the molecule is CC1CCCC(N2CCC(=O)NC(C(C)C)C2=O)CC1. The normalized spacial score (nSPS) is 32.8. The fraction of sp³-hybridized carbons (Fsp3) is 0.875. The summed E-state index contributed by atoms with van der Waals surface area (Å²) in [6.45, 7) is 6.89. The van der Waals surface area contributed by atoms with Gasteiger partial charge in [0.05, 0.1) is 0 Å². The van der Waals surface area contributed by atoms with E-state index in [1.807, 2.05) is 18.7 Å². The second-order valence-corrected chi connectivity index (χ2v) is 6.84. The molecule has 0 aromatic rings. The van der Waals surface area contributed by atoms with Crippen LogP contribution >= 0.6 is 0 Å². The number of carbonyl (C=O) groups is 2. The van der Waals surface area contributed by atoms with Crippen molar-refractivity contribution < 1.29 is 9.59 Å². The molecule has 0 bridgehead atoms. The first-order chi connectivity index (χ1) is 9.49. The molecule has 0 aromatic heterocycles. The number of hydrogen-bond donors (Lipinski definition) is 1. The summed E-state index contributed by atoms with van der Waals surface area (Å²) in [5.74, 6) is 1.06.